The molecule has 0 aromatic rings. The summed E-state index contributed by atoms with van der Waals surface area (Å²) >= 11 is 0. The molecule has 0 fully saturated rings. The molecule has 0 saturated heterocycles. The smallest absolute Gasteiger partial charge is 0.192 e. The lowest BCUT2D eigenvalue weighted by Crippen LogP contribution is -2.47. The first-order valence-electron chi connectivity index (χ1n) is 8.39. The van der Waals surface area contributed by atoms with Gasteiger partial charge >= 0.3 is 0 Å². The lowest BCUT2D eigenvalue weighted by Gasteiger charge is -2.42. The van der Waals surface area contributed by atoms with E-state index < -0.39 is 8.32 Å². The van der Waals surface area contributed by atoms with Crippen LogP contribution in [-0.2, 0) is 4.43 Å². The Morgan fingerprint density at radius 2 is 1.48 bits per heavy atom. The zero-order chi connectivity index (χ0) is 16.2. The fourth-order valence-electron chi connectivity index (χ4n) is 2.85. The Bertz CT molecular complexity index is 337. The molecule has 0 N–H and O–H groups in total. The highest BCUT2D eigenvalue weighted by Crippen LogP contribution is 2.36. The van der Waals surface area contributed by atoms with Crippen LogP contribution in [0, 0.1) is 11.8 Å². The van der Waals surface area contributed by atoms with E-state index in [4.69, 9.17) is 4.43 Å². The fourth-order valence-corrected chi connectivity index (χ4v) is 5.97. The van der Waals surface area contributed by atoms with Gasteiger partial charge in [0.1, 0.15) is 0 Å². The third-order valence-corrected chi connectivity index (χ3v) is 9.29. The van der Waals surface area contributed by atoms with Gasteiger partial charge in [0.2, 0.25) is 0 Å². The van der Waals surface area contributed by atoms with Crippen molar-refractivity contribution in [3.8, 4) is 11.8 Å². The van der Waals surface area contributed by atoms with Crippen molar-refractivity contribution in [1.29, 1.82) is 0 Å². The van der Waals surface area contributed by atoms with Crippen LogP contribution < -0.4 is 0 Å². The molecule has 0 aliphatic rings. The van der Waals surface area contributed by atoms with E-state index in [1.165, 1.54) is 18.1 Å². The topological polar surface area (TPSA) is 9.23 Å². The van der Waals surface area contributed by atoms with E-state index in [0.717, 1.165) is 32.1 Å². The molecule has 21 heavy (non-hydrogen) atoms. The summed E-state index contributed by atoms with van der Waals surface area (Å²) in [6.45, 7) is 16.5. The normalized spacial score (nSPS) is 11.6. The highest BCUT2D eigenvalue weighted by Gasteiger charge is 2.39. The van der Waals surface area contributed by atoms with Crippen LogP contribution in [0.15, 0.2) is 25.3 Å². The van der Waals surface area contributed by atoms with Gasteiger partial charge < -0.3 is 4.43 Å². The van der Waals surface area contributed by atoms with Crippen molar-refractivity contribution < 1.29 is 4.43 Å². The van der Waals surface area contributed by atoms with Gasteiger partial charge in [-0.05, 0) is 50.7 Å². The lowest BCUT2D eigenvalue weighted by molar-refractivity contribution is 0.0447. The van der Waals surface area contributed by atoms with Gasteiger partial charge in [-0.3, -0.25) is 0 Å². The Labute approximate surface area is 134 Å². The predicted molar refractivity (Wildman–Crippen MR) is 97.9 cm³/mol. The number of rotatable bonds is 12. The van der Waals surface area contributed by atoms with E-state index in [1.54, 1.807) is 0 Å². The highest BCUT2D eigenvalue weighted by molar-refractivity contribution is 6.73. The maximum absolute atomic E-state index is 6.92. The van der Waals surface area contributed by atoms with Crippen molar-refractivity contribution in [2.24, 2.45) is 0 Å². The van der Waals surface area contributed by atoms with Crippen LogP contribution >= 0.6 is 0 Å². The summed E-state index contributed by atoms with van der Waals surface area (Å²) in [5.74, 6) is 6.33. The second-order valence-electron chi connectivity index (χ2n) is 5.79. The van der Waals surface area contributed by atoms with Gasteiger partial charge in [0, 0.05) is 6.42 Å². The molecule has 0 aromatic heterocycles. The van der Waals surface area contributed by atoms with Gasteiger partial charge in [-0.15, -0.1) is 25.0 Å². The Balaban J connectivity index is 5.39. The highest BCUT2D eigenvalue weighted by atomic mass is 28.4. The molecule has 1 nitrogen and oxygen atoms in total. The molecule has 0 amide bonds. The van der Waals surface area contributed by atoms with Crippen LogP contribution in [0.1, 0.15) is 59.8 Å². The standard InChI is InChI=1S/C19H34OSi/c1-7-13-16-19(17-14-8-2,18-15-9-3)20-21(10-4,11-5)12-6/h7-8H,1-2,10-14,16-18H2,3-6H3. The minimum atomic E-state index is -1.64. The van der Waals surface area contributed by atoms with Crippen LogP contribution in [0.5, 0.6) is 0 Å². The summed E-state index contributed by atoms with van der Waals surface area (Å²) < 4.78 is 6.92. The summed E-state index contributed by atoms with van der Waals surface area (Å²) in [5.41, 5.74) is -0.111. The van der Waals surface area contributed by atoms with Crippen molar-refractivity contribution in [3.05, 3.63) is 25.3 Å². The first-order chi connectivity index (χ1) is 10.1. The Hall–Kier alpha value is -0.783. The molecule has 0 atom stereocenters. The summed E-state index contributed by atoms with van der Waals surface area (Å²) in [6, 6.07) is 3.55. The van der Waals surface area contributed by atoms with Crippen molar-refractivity contribution in [2.45, 2.75) is 83.5 Å². The maximum Gasteiger partial charge on any atom is 0.192 e. The van der Waals surface area contributed by atoms with Crippen molar-refractivity contribution >= 4 is 8.32 Å². The maximum atomic E-state index is 6.92. The summed E-state index contributed by atoms with van der Waals surface area (Å²) in [5, 5.41) is 0. The van der Waals surface area contributed by atoms with Crippen LogP contribution in [0.3, 0.4) is 0 Å². The average Bonchev–Trinajstić information content (AvgIpc) is 2.54. The average molecular weight is 307 g/mol. The predicted octanol–water partition coefficient (Wildman–Crippen LogP) is 6.09. The van der Waals surface area contributed by atoms with E-state index in [-0.39, 0.29) is 5.60 Å². The van der Waals surface area contributed by atoms with Gasteiger partial charge in [-0.1, -0.05) is 32.9 Å². The molecule has 120 valence electrons. The van der Waals surface area contributed by atoms with E-state index in [1.807, 2.05) is 19.1 Å². The third-order valence-electron chi connectivity index (χ3n) is 4.56. The monoisotopic (exact) mass is 306 g/mol. The summed E-state index contributed by atoms with van der Waals surface area (Å²) in [4.78, 5) is 0. The van der Waals surface area contributed by atoms with Crippen molar-refractivity contribution in [2.75, 3.05) is 0 Å². The molecule has 0 aromatic carbocycles. The minimum absolute atomic E-state index is 0.111. The van der Waals surface area contributed by atoms with Crippen LogP contribution in [0.25, 0.3) is 0 Å². The Kier molecular flexibility index (Phi) is 10.5. The molecule has 0 heterocycles. The van der Waals surface area contributed by atoms with Gasteiger partial charge in [-0.2, -0.15) is 0 Å². The number of hydrogen-bond acceptors (Lipinski definition) is 1. The zero-order valence-corrected chi connectivity index (χ0v) is 15.6. The van der Waals surface area contributed by atoms with E-state index in [2.05, 4.69) is 45.8 Å². The molecule has 0 bridgehead atoms. The second-order valence-corrected chi connectivity index (χ2v) is 10.5. The van der Waals surface area contributed by atoms with E-state index >= 15 is 0 Å². The minimum Gasteiger partial charge on any atom is -0.410 e. The van der Waals surface area contributed by atoms with E-state index in [9.17, 15) is 0 Å². The van der Waals surface area contributed by atoms with Gasteiger partial charge in [0.05, 0.1) is 5.60 Å². The van der Waals surface area contributed by atoms with Gasteiger partial charge in [0.15, 0.2) is 8.32 Å². The third kappa shape index (κ3) is 6.67. The number of allylic oxidation sites excluding steroid dienone is 2. The zero-order valence-electron chi connectivity index (χ0n) is 14.6. The molecule has 0 radical (unpaired) electrons. The van der Waals surface area contributed by atoms with Crippen LogP contribution in [0.2, 0.25) is 18.1 Å². The molecule has 2 heteroatoms. The molecular weight excluding hydrogens is 272 g/mol. The second kappa shape index (κ2) is 10.9. The first kappa shape index (κ1) is 20.2. The van der Waals surface area contributed by atoms with E-state index in [0.29, 0.717) is 0 Å². The molecule has 0 aliphatic carbocycles. The van der Waals surface area contributed by atoms with Crippen LogP contribution in [-0.4, -0.2) is 13.9 Å². The summed E-state index contributed by atoms with van der Waals surface area (Å²) in [6.07, 6.45) is 8.85. The molecule has 0 rings (SSSR count). The SMILES string of the molecule is C=CCCC(CC#CC)(CCC=C)O[Si](CC)(CC)CC. The summed E-state index contributed by atoms with van der Waals surface area (Å²) in [7, 11) is -1.64. The van der Waals surface area contributed by atoms with Crippen LogP contribution in [0.4, 0.5) is 0 Å². The molecule has 0 saturated carbocycles. The van der Waals surface area contributed by atoms with Crippen molar-refractivity contribution in [1.82, 2.24) is 0 Å². The van der Waals surface area contributed by atoms with Crippen molar-refractivity contribution in [3.63, 3.8) is 0 Å². The van der Waals surface area contributed by atoms with Gasteiger partial charge in [-0.25, -0.2) is 0 Å². The van der Waals surface area contributed by atoms with Gasteiger partial charge in [0.25, 0.3) is 0 Å². The lowest BCUT2D eigenvalue weighted by atomic mass is 9.89. The quantitative estimate of drug-likeness (QED) is 0.241. The molecule has 0 aliphatic heterocycles. The Morgan fingerprint density at radius 3 is 1.81 bits per heavy atom. The Morgan fingerprint density at radius 1 is 1.00 bits per heavy atom. The number of hydrogen-bond donors (Lipinski definition) is 0. The molecular formula is C19H34OSi. The first-order valence-corrected chi connectivity index (χ1v) is 10.9. The molecule has 0 unspecified atom stereocenters. The molecule has 0 spiro atoms. The fraction of sp³-hybridized carbons (Fsp3) is 0.684. The largest absolute Gasteiger partial charge is 0.410 e.